The first-order chi connectivity index (χ1) is 15.3. The molecule has 0 aromatic rings. The number of hydrogen-bond acceptors (Lipinski definition) is 2. The zero-order chi connectivity index (χ0) is 24.4. The van der Waals surface area contributed by atoms with Crippen molar-refractivity contribution in [3.05, 3.63) is 23.3 Å². The average Bonchev–Trinajstić information content (AvgIpc) is 3.02. The zero-order valence-electron chi connectivity index (χ0n) is 22.1. The molecular formula is C30H46O3. The molecule has 33 heavy (non-hydrogen) atoms. The predicted octanol–water partition coefficient (Wildman–Crippen LogP) is 7.61. The smallest absolute Gasteiger partial charge is 0.330 e. The van der Waals surface area contributed by atoms with E-state index >= 15 is 0 Å². The number of carboxylic acids is 1. The van der Waals surface area contributed by atoms with Crippen LogP contribution in [-0.4, -0.2) is 16.9 Å². The quantitative estimate of drug-likeness (QED) is 0.343. The van der Waals surface area contributed by atoms with E-state index in [-0.39, 0.29) is 16.2 Å². The highest BCUT2D eigenvalue weighted by Gasteiger charge is 2.65. The monoisotopic (exact) mass is 454 g/mol. The van der Waals surface area contributed by atoms with Crippen LogP contribution >= 0.6 is 0 Å². The number of hydrogen-bond donors (Lipinski definition) is 1. The largest absolute Gasteiger partial charge is 0.478 e. The van der Waals surface area contributed by atoms with E-state index in [1.807, 2.05) is 6.08 Å². The van der Waals surface area contributed by atoms with Crippen molar-refractivity contribution < 1.29 is 14.7 Å². The molecule has 0 aliphatic heterocycles. The van der Waals surface area contributed by atoms with Crippen molar-refractivity contribution in [3.63, 3.8) is 0 Å². The number of fused-ring (bicyclic) bond motifs is 5. The van der Waals surface area contributed by atoms with Gasteiger partial charge in [-0.1, -0.05) is 59.3 Å². The third kappa shape index (κ3) is 3.50. The molecule has 3 nitrogen and oxygen atoms in total. The first kappa shape index (κ1) is 24.7. The van der Waals surface area contributed by atoms with E-state index in [1.165, 1.54) is 25.7 Å². The summed E-state index contributed by atoms with van der Waals surface area (Å²) >= 11 is 0. The first-order valence-corrected chi connectivity index (χ1v) is 13.4. The van der Waals surface area contributed by atoms with Gasteiger partial charge in [0.25, 0.3) is 0 Å². The highest BCUT2D eigenvalue weighted by molar-refractivity contribution is 5.86. The molecule has 4 rings (SSSR count). The van der Waals surface area contributed by atoms with Crippen LogP contribution in [0, 0.1) is 45.3 Å². The van der Waals surface area contributed by atoms with Crippen LogP contribution < -0.4 is 0 Å². The van der Waals surface area contributed by atoms with E-state index in [9.17, 15) is 9.59 Å². The van der Waals surface area contributed by atoms with Crippen LogP contribution in [0.2, 0.25) is 0 Å². The van der Waals surface area contributed by atoms with Crippen LogP contribution in [-0.2, 0) is 9.59 Å². The summed E-state index contributed by atoms with van der Waals surface area (Å²) in [5.74, 6) is 2.05. The zero-order valence-corrected chi connectivity index (χ0v) is 22.1. The lowest BCUT2D eigenvalue weighted by molar-refractivity contribution is -0.146. The summed E-state index contributed by atoms with van der Waals surface area (Å²) in [6, 6.07) is 0. The fourth-order valence-corrected chi connectivity index (χ4v) is 9.32. The van der Waals surface area contributed by atoms with Gasteiger partial charge < -0.3 is 5.11 Å². The van der Waals surface area contributed by atoms with E-state index < -0.39 is 5.97 Å². The second-order valence-corrected chi connectivity index (χ2v) is 13.3. The molecule has 4 aliphatic rings. The number of carbonyl (C=O) groups excluding carboxylic acids is 1. The summed E-state index contributed by atoms with van der Waals surface area (Å²) in [5.41, 5.74) is 2.80. The van der Waals surface area contributed by atoms with E-state index in [0.29, 0.717) is 40.4 Å². The molecule has 0 radical (unpaired) electrons. The van der Waals surface area contributed by atoms with Gasteiger partial charge in [-0.3, -0.25) is 4.79 Å². The second-order valence-electron chi connectivity index (χ2n) is 13.3. The van der Waals surface area contributed by atoms with Crippen LogP contribution in [0.25, 0.3) is 0 Å². The van der Waals surface area contributed by atoms with Crippen molar-refractivity contribution in [2.24, 2.45) is 45.3 Å². The Morgan fingerprint density at radius 1 is 1.15 bits per heavy atom. The molecule has 184 valence electrons. The van der Waals surface area contributed by atoms with Gasteiger partial charge in [-0.2, -0.15) is 0 Å². The third-order valence-corrected chi connectivity index (χ3v) is 11.7. The fraction of sp³-hybridized carbons (Fsp3) is 0.800. The van der Waals surface area contributed by atoms with E-state index in [0.717, 1.165) is 32.1 Å². The molecule has 0 aromatic carbocycles. The maximum atomic E-state index is 12.8. The highest BCUT2D eigenvalue weighted by Crippen LogP contribution is 2.73. The first-order valence-electron chi connectivity index (χ1n) is 13.4. The number of carboxylic acid groups (broad SMARTS) is 1. The standard InChI is InChI=1S/C30H46O3/c1-19(9-8-10-20(2)26(32)33)21-13-17-30(7)23-11-12-24-27(3,4)25(31)15-16-28(24,5)22(23)14-18-29(21,30)6/h10-11,19,21-22,24H,8-9,12-18H2,1-7H3,(H,32,33)/t19-,21-,22-,24-,28+,29-,30+/m0/s1. The number of rotatable bonds is 5. The Bertz CT molecular complexity index is 894. The van der Waals surface area contributed by atoms with E-state index in [2.05, 4.69) is 47.6 Å². The van der Waals surface area contributed by atoms with Crippen molar-refractivity contribution in [3.8, 4) is 0 Å². The predicted molar refractivity (Wildman–Crippen MR) is 134 cm³/mol. The minimum absolute atomic E-state index is 0.203. The molecule has 7 atom stereocenters. The maximum absolute atomic E-state index is 12.8. The summed E-state index contributed by atoms with van der Waals surface area (Å²) in [5, 5.41) is 9.16. The van der Waals surface area contributed by atoms with Gasteiger partial charge >= 0.3 is 5.97 Å². The Hall–Kier alpha value is -1.38. The van der Waals surface area contributed by atoms with Gasteiger partial charge in [-0.25, -0.2) is 4.79 Å². The number of allylic oxidation sites excluding steroid dienone is 3. The van der Waals surface area contributed by atoms with Crippen molar-refractivity contribution in [2.45, 2.75) is 106 Å². The number of ketones is 1. The summed E-state index contributed by atoms with van der Waals surface area (Å²) in [6.45, 7) is 16.2. The summed E-state index contributed by atoms with van der Waals surface area (Å²) in [6.07, 6.45) is 14.4. The SMILES string of the molecule is CC(=CCC[C@H](C)[C@@H]1CC[C@]2(C)C3=CC[C@H]4C(C)(C)C(=O)CC[C@]4(C)[C@H]3CC[C@@]12C)C(=O)O. The lowest BCUT2D eigenvalue weighted by Crippen LogP contribution is -2.57. The molecule has 0 saturated heterocycles. The van der Waals surface area contributed by atoms with Crippen LogP contribution in [0.5, 0.6) is 0 Å². The molecule has 4 aliphatic carbocycles. The summed E-state index contributed by atoms with van der Waals surface area (Å²) in [7, 11) is 0. The van der Waals surface area contributed by atoms with E-state index in [4.69, 9.17) is 5.11 Å². The van der Waals surface area contributed by atoms with Gasteiger partial charge in [0.2, 0.25) is 0 Å². The Labute approximate surface area is 201 Å². The summed E-state index contributed by atoms with van der Waals surface area (Å²) in [4.78, 5) is 23.9. The molecule has 0 spiro atoms. The Morgan fingerprint density at radius 2 is 1.85 bits per heavy atom. The fourth-order valence-electron chi connectivity index (χ4n) is 9.32. The minimum Gasteiger partial charge on any atom is -0.478 e. The topological polar surface area (TPSA) is 54.4 Å². The molecular weight excluding hydrogens is 408 g/mol. The average molecular weight is 455 g/mol. The van der Waals surface area contributed by atoms with Crippen molar-refractivity contribution in [1.29, 1.82) is 0 Å². The van der Waals surface area contributed by atoms with Crippen LogP contribution in [0.1, 0.15) is 106 Å². The molecule has 0 aromatic heterocycles. The molecule has 0 heterocycles. The highest BCUT2D eigenvalue weighted by atomic mass is 16.4. The van der Waals surface area contributed by atoms with Crippen LogP contribution in [0.3, 0.4) is 0 Å². The molecule has 0 bridgehead atoms. The minimum atomic E-state index is -0.801. The van der Waals surface area contributed by atoms with Gasteiger partial charge in [-0.05, 0) is 98.2 Å². The molecule has 0 unspecified atom stereocenters. The molecule has 0 amide bonds. The van der Waals surface area contributed by atoms with Crippen molar-refractivity contribution in [1.82, 2.24) is 0 Å². The lowest BCUT2D eigenvalue weighted by Gasteiger charge is -2.63. The molecule has 1 N–H and O–H groups in total. The molecule has 3 heteroatoms. The normalized spacial score (nSPS) is 43.2. The maximum Gasteiger partial charge on any atom is 0.330 e. The second kappa shape index (κ2) is 8.09. The van der Waals surface area contributed by atoms with Gasteiger partial charge in [-0.15, -0.1) is 0 Å². The van der Waals surface area contributed by atoms with Gasteiger partial charge in [0.1, 0.15) is 5.78 Å². The van der Waals surface area contributed by atoms with Crippen LogP contribution in [0.15, 0.2) is 23.3 Å². The number of Topliss-reactive ketones (excluding diaryl/α,β-unsaturated/α-hetero) is 1. The van der Waals surface area contributed by atoms with E-state index in [1.54, 1.807) is 12.5 Å². The van der Waals surface area contributed by atoms with Gasteiger partial charge in [0.05, 0.1) is 0 Å². The van der Waals surface area contributed by atoms with Gasteiger partial charge in [0, 0.05) is 17.4 Å². The number of aliphatic carboxylic acids is 1. The molecule has 3 fully saturated rings. The Morgan fingerprint density at radius 3 is 2.52 bits per heavy atom. The number of carbonyl (C=O) groups is 2. The van der Waals surface area contributed by atoms with Gasteiger partial charge in [0.15, 0.2) is 0 Å². The lowest BCUT2D eigenvalue weighted by atomic mass is 9.41. The van der Waals surface area contributed by atoms with Crippen LogP contribution in [0.4, 0.5) is 0 Å². The Balaban J connectivity index is 1.59. The summed E-state index contributed by atoms with van der Waals surface area (Å²) < 4.78 is 0. The van der Waals surface area contributed by atoms with Crippen molar-refractivity contribution in [2.75, 3.05) is 0 Å². The molecule has 3 saturated carbocycles. The van der Waals surface area contributed by atoms with Crippen molar-refractivity contribution >= 4 is 11.8 Å². The third-order valence-electron chi connectivity index (χ3n) is 11.7. The Kier molecular flexibility index (Phi) is 6.07.